The molecule has 0 aliphatic carbocycles. The number of rotatable bonds is 8. The molecular formula is C25H27F2N3O3. The molecule has 0 bridgehead atoms. The summed E-state index contributed by atoms with van der Waals surface area (Å²) in [6.07, 6.45) is 1.90. The van der Waals surface area contributed by atoms with Gasteiger partial charge in [0.15, 0.2) is 11.4 Å². The van der Waals surface area contributed by atoms with Crippen LogP contribution in [0.15, 0.2) is 59.5 Å². The number of halogens is 2. The molecule has 33 heavy (non-hydrogen) atoms. The molecule has 0 radical (unpaired) electrons. The van der Waals surface area contributed by atoms with Crippen molar-refractivity contribution in [2.45, 2.75) is 45.1 Å². The van der Waals surface area contributed by atoms with E-state index in [1.165, 1.54) is 24.3 Å². The van der Waals surface area contributed by atoms with Gasteiger partial charge in [0.2, 0.25) is 5.43 Å². The number of benzene rings is 2. The normalized spacial score (nSPS) is 12.4. The molecule has 3 rings (SSSR count). The Morgan fingerprint density at radius 2 is 1.82 bits per heavy atom. The van der Waals surface area contributed by atoms with Gasteiger partial charge in [0.1, 0.15) is 11.6 Å². The zero-order valence-corrected chi connectivity index (χ0v) is 18.8. The van der Waals surface area contributed by atoms with E-state index in [0.717, 1.165) is 11.8 Å². The Hall–Kier alpha value is -3.55. The van der Waals surface area contributed by atoms with Gasteiger partial charge in [0.05, 0.1) is 6.20 Å². The molecule has 174 valence electrons. The number of aromatic amines is 1. The number of aromatic hydroxyl groups is 1. The first kappa shape index (κ1) is 24.1. The van der Waals surface area contributed by atoms with Crippen LogP contribution in [0.25, 0.3) is 0 Å². The van der Waals surface area contributed by atoms with Crippen molar-refractivity contribution in [1.82, 2.24) is 15.1 Å². The second-order valence-electron chi connectivity index (χ2n) is 8.53. The van der Waals surface area contributed by atoms with E-state index >= 15 is 0 Å². The van der Waals surface area contributed by atoms with Gasteiger partial charge in [-0.1, -0.05) is 31.2 Å². The molecule has 6 nitrogen and oxygen atoms in total. The van der Waals surface area contributed by atoms with E-state index in [0.29, 0.717) is 18.4 Å². The largest absolute Gasteiger partial charge is 0.502 e. The van der Waals surface area contributed by atoms with Gasteiger partial charge in [-0.25, -0.2) is 8.78 Å². The number of carbonyl (C=O) groups is 1. The average molecular weight is 456 g/mol. The number of hydrogen-bond acceptors (Lipinski definition) is 4. The Morgan fingerprint density at radius 3 is 2.45 bits per heavy atom. The maximum atomic E-state index is 14.0. The van der Waals surface area contributed by atoms with Crippen LogP contribution in [0, 0.1) is 11.6 Å². The number of nitrogens with one attached hydrogen (secondary N) is 1. The van der Waals surface area contributed by atoms with Crippen molar-refractivity contribution in [2.24, 2.45) is 0 Å². The monoisotopic (exact) mass is 455 g/mol. The standard InChI is InChI=1S/C25H27F2N3O3/c1-4-25(2,3)30(24(33)22-23(32)21(31)15-28-29-22)13-12-20(16-8-10-18(26)11-9-16)17-6-5-7-19(27)14-17/h5-11,14-15,20H,4,12-13H2,1-3H3,(H,28,32)(H,29,31)/t20-/m1/s1. The summed E-state index contributed by atoms with van der Waals surface area (Å²) < 4.78 is 27.5. The molecule has 1 atom stereocenters. The van der Waals surface area contributed by atoms with E-state index in [1.807, 2.05) is 20.8 Å². The third-order valence-electron chi connectivity index (χ3n) is 6.05. The molecule has 0 unspecified atom stereocenters. The van der Waals surface area contributed by atoms with Gasteiger partial charge in [-0.05, 0) is 62.1 Å². The highest BCUT2D eigenvalue weighted by molar-refractivity contribution is 5.95. The van der Waals surface area contributed by atoms with Gasteiger partial charge in [-0.15, -0.1) is 0 Å². The van der Waals surface area contributed by atoms with Crippen molar-refractivity contribution >= 4 is 5.91 Å². The summed E-state index contributed by atoms with van der Waals surface area (Å²) in [7, 11) is 0. The highest BCUT2D eigenvalue weighted by Crippen LogP contribution is 2.31. The summed E-state index contributed by atoms with van der Waals surface area (Å²) in [6, 6.07) is 12.2. The molecule has 8 heteroatoms. The lowest BCUT2D eigenvalue weighted by Crippen LogP contribution is -2.48. The number of aromatic nitrogens is 2. The third kappa shape index (κ3) is 5.45. The minimum absolute atomic E-state index is 0.231. The van der Waals surface area contributed by atoms with E-state index in [4.69, 9.17) is 0 Å². The number of nitrogens with zero attached hydrogens (tertiary/aromatic N) is 2. The fourth-order valence-corrected chi connectivity index (χ4v) is 3.75. The third-order valence-corrected chi connectivity index (χ3v) is 6.05. The second-order valence-corrected chi connectivity index (χ2v) is 8.53. The molecule has 2 N–H and O–H groups in total. The van der Waals surface area contributed by atoms with Crippen molar-refractivity contribution in [3.8, 4) is 5.75 Å². The Kier molecular flexibility index (Phi) is 7.26. The quantitative estimate of drug-likeness (QED) is 0.520. The van der Waals surface area contributed by atoms with Crippen molar-refractivity contribution in [3.63, 3.8) is 0 Å². The predicted octanol–water partition coefficient (Wildman–Crippen LogP) is 4.61. The fraction of sp³-hybridized carbons (Fsp3) is 0.320. The first-order valence-corrected chi connectivity index (χ1v) is 10.7. The van der Waals surface area contributed by atoms with Gasteiger partial charge in [0, 0.05) is 18.0 Å². The molecule has 1 aromatic heterocycles. The minimum atomic E-state index is -0.754. The molecule has 1 heterocycles. The molecular weight excluding hydrogens is 428 g/mol. The van der Waals surface area contributed by atoms with Crippen LogP contribution in [-0.2, 0) is 0 Å². The molecule has 0 saturated heterocycles. The van der Waals surface area contributed by atoms with Crippen molar-refractivity contribution < 1.29 is 18.7 Å². The lowest BCUT2D eigenvalue weighted by atomic mass is 9.87. The Balaban J connectivity index is 1.98. The topological polar surface area (TPSA) is 86.3 Å². The highest BCUT2D eigenvalue weighted by atomic mass is 19.1. The molecule has 3 aromatic rings. The summed E-state index contributed by atoms with van der Waals surface area (Å²) in [6.45, 7) is 5.92. The summed E-state index contributed by atoms with van der Waals surface area (Å²) in [5.41, 5.74) is -0.184. The molecule has 1 amide bonds. The van der Waals surface area contributed by atoms with Crippen molar-refractivity contribution in [3.05, 3.63) is 93.4 Å². The van der Waals surface area contributed by atoms with Crippen LogP contribution in [0.3, 0.4) is 0 Å². The van der Waals surface area contributed by atoms with Gasteiger partial charge in [-0.3, -0.25) is 14.7 Å². The lowest BCUT2D eigenvalue weighted by molar-refractivity contribution is 0.0521. The SMILES string of the molecule is CCC(C)(C)N(CC[C@H](c1ccc(F)cc1)c1cccc(F)c1)C(=O)c1[nH]ncc(=O)c1O. The molecule has 0 aliphatic heterocycles. The van der Waals surface area contributed by atoms with Crippen LogP contribution >= 0.6 is 0 Å². The highest BCUT2D eigenvalue weighted by Gasteiger charge is 2.33. The lowest BCUT2D eigenvalue weighted by Gasteiger charge is -2.39. The molecule has 0 spiro atoms. The van der Waals surface area contributed by atoms with E-state index in [2.05, 4.69) is 10.2 Å². The van der Waals surface area contributed by atoms with Crippen LogP contribution in [0.1, 0.15) is 61.1 Å². The van der Waals surface area contributed by atoms with Crippen LogP contribution in [0.4, 0.5) is 8.78 Å². The predicted molar refractivity (Wildman–Crippen MR) is 121 cm³/mol. The Labute approximate surface area is 190 Å². The first-order chi connectivity index (χ1) is 15.6. The van der Waals surface area contributed by atoms with Gasteiger partial charge in [-0.2, -0.15) is 5.10 Å². The number of H-pyrrole nitrogens is 1. The summed E-state index contributed by atoms with van der Waals surface area (Å²) in [5.74, 6) is -2.34. The summed E-state index contributed by atoms with van der Waals surface area (Å²) in [5, 5.41) is 16.2. The molecule has 0 fully saturated rings. The summed E-state index contributed by atoms with van der Waals surface area (Å²) >= 11 is 0. The number of amides is 1. The first-order valence-electron chi connectivity index (χ1n) is 10.7. The van der Waals surface area contributed by atoms with E-state index < -0.39 is 22.6 Å². The van der Waals surface area contributed by atoms with Crippen LogP contribution < -0.4 is 5.43 Å². The zero-order valence-electron chi connectivity index (χ0n) is 18.8. The summed E-state index contributed by atoms with van der Waals surface area (Å²) in [4.78, 5) is 26.7. The van der Waals surface area contributed by atoms with Crippen molar-refractivity contribution in [1.29, 1.82) is 0 Å². The van der Waals surface area contributed by atoms with Crippen LogP contribution in [0.5, 0.6) is 5.75 Å². The molecule has 0 aliphatic rings. The van der Waals surface area contributed by atoms with Crippen LogP contribution in [-0.4, -0.2) is 38.2 Å². The second kappa shape index (κ2) is 9.94. The Morgan fingerprint density at radius 1 is 1.12 bits per heavy atom. The van der Waals surface area contributed by atoms with Gasteiger partial charge >= 0.3 is 0 Å². The minimum Gasteiger partial charge on any atom is -0.502 e. The van der Waals surface area contributed by atoms with E-state index in [9.17, 15) is 23.5 Å². The maximum absolute atomic E-state index is 14.0. The number of hydrogen-bond donors (Lipinski definition) is 2. The van der Waals surface area contributed by atoms with E-state index in [-0.39, 0.29) is 29.8 Å². The van der Waals surface area contributed by atoms with Crippen LogP contribution in [0.2, 0.25) is 0 Å². The van der Waals surface area contributed by atoms with Gasteiger partial charge < -0.3 is 10.0 Å². The molecule has 2 aromatic carbocycles. The van der Waals surface area contributed by atoms with Gasteiger partial charge in [0.25, 0.3) is 5.91 Å². The Bertz CT molecular complexity index is 1180. The van der Waals surface area contributed by atoms with E-state index in [1.54, 1.807) is 29.2 Å². The smallest absolute Gasteiger partial charge is 0.276 e. The molecule has 0 saturated carbocycles. The fourth-order valence-electron chi connectivity index (χ4n) is 3.75. The maximum Gasteiger partial charge on any atom is 0.276 e. The zero-order chi connectivity index (χ0) is 24.2. The average Bonchev–Trinajstić information content (AvgIpc) is 2.79. The number of carbonyl (C=O) groups excluding carboxylic acids is 1. The van der Waals surface area contributed by atoms with Crippen molar-refractivity contribution in [2.75, 3.05) is 6.54 Å².